The average molecular weight is 841 g/mol. The highest BCUT2D eigenvalue weighted by Crippen LogP contribution is 2.36. The quantitative estimate of drug-likeness (QED) is 0.145. The molecule has 62 heavy (non-hydrogen) atoms. The number of rotatable bonds is 13. The highest BCUT2D eigenvalue weighted by molar-refractivity contribution is 6.24. The smallest absolute Gasteiger partial charge is 0.270 e. The summed E-state index contributed by atoms with van der Waals surface area (Å²) in [6.07, 6.45) is 6.40. The van der Waals surface area contributed by atoms with Gasteiger partial charge in [0.05, 0.1) is 24.1 Å². The third kappa shape index (κ3) is 8.14. The largest absolute Gasteiger partial charge is 0.493 e. The van der Waals surface area contributed by atoms with E-state index >= 15 is 0 Å². The molecule has 3 aliphatic heterocycles. The molecule has 3 N–H and O–H groups in total. The molecule has 0 radical (unpaired) electrons. The number of amides is 6. The maximum Gasteiger partial charge on any atom is 0.270 e. The summed E-state index contributed by atoms with van der Waals surface area (Å²) in [6, 6.07) is 16.9. The topological polar surface area (TPSA) is 220 Å². The Morgan fingerprint density at radius 1 is 0.887 bits per heavy atom. The Morgan fingerprint density at radius 3 is 2.45 bits per heavy atom. The van der Waals surface area contributed by atoms with Crippen molar-refractivity contribution in [1.29, 1.82) is 0 Å². The van der Waals surface area contributed by atoms with Gasteiger partial charge >= 0.3 is 0 Å². The highest BCUT2D eigenvalue weighted by atomic mass is 16.5. The van der Waals surface area contributed by atoms with E-state index in [1.54, 1.807) is 23.4 Å². The van der Waals surface area contributed by atoms with Crippen LogP contribution in [0, 0.1) is 12.8 Å². The number of nitrogens with one attached hydrogen (secondary N) is 3. The van der Waals surface area contributed by atoms with E-state index in [2.05, 4.69) is 35.9 Å². The Hall–Kier alpha value is -7.24. The molecule has 6 heterocycles. The molecule has 1 aliphatic carbocycles. The summed E-state index contributed by atoms with van der Waals surface area (Å²) in [6.45, 7) is 3.61. The average Bonchev–Trinajstić information content (AvgIpc) is 3.81. The normalized spacial score (nSPS) is 20.1. The zero-order valence-corrected chi connectivity index (χ0v) is 33.9. The maximum atomic E-state index is 13.4. The standard InChI is InChI=1S/C44H44N10O8/c1-25-4-2-6-32(49-25)41(57)50-28-18-29(19-28)53-24-48-38-39(46-23-47-40(38)53)45-20-26-8-10-30(11-9-26)61-21-27-14-16-52(17-15-27)36(56)22-62-34-7-3-5-31-37(34)44(60)54(43(31)59)33-12-13-35(55)51-42(33)58/h2-11,23-24,27-29,33H,12-22H2,1H3,(H,50,57)(H,45,46,47)(H,51,55,58)/t28?,29?,33-/m0/s1. The fraction of sp³-hybridized carbons (Fsp3) is 0.364. The van der Waals surface area contributed by atoms with Crippen LogP contribution in [0.5, 0.6) is 11.5 Å². The van der Waals surface area contributed by atoms with Gasteiger partial charge in [-0.15, -0.1) is 0 Å². The second kappa shape index (κ2) is 17.0. The van der Waals surface area contributed by atoms with Gasteiger partial charge in [0.25, 0.3) is 23.6 Å². The molecular formula is C44H44N10O8. The molecule has 2 saturated heterocycles. The summed E-state index contributed by atoms with van der Waals surface area (Å²) >= 11 is 0. The number of piperidine rings is 2. The summed E-state index contributed by atoms with van der Waals surface area (Å²) < 4.78 is 14.0. The second-order valence-electron chi connectivity index (χ2n) is 16.1. The summed E-state index contributed by atoms with van der Waals surface area (Å²) in [4.78, 5) is 96.8. The number of aryl methyl sites for hydroxylation is 1. The number of carbonyl (C=O) groups excluding carboxylic acids is 6. The lowest BCUT2D eigenvalue weighted by Gasteiger charge is -2.36. The predicted molar refractivity (Wildman–Crippen MR) is 221 cm³/mol. The number of hydrogen-bond donors (Lipinski definition) is 3. The van der Waals surface area contributed by atoms with Gasteiger partial charge in [-0.1, -0.05) is 24.3 Å². The van der Waals surface area contributed by atoms with Crippen LogP contribution in [-0.4, -0.2) is 108 Å². The third-order valence-electron chi connectivity index (χ3n) is 11.9. The number of hydrogen-bond acceptors (Lipinski definition) is 13. The van der Waals surface area contributed by atoms with Gasteiger partial charge in [-0.3, -0.25) is 39.0 Å². The van der Waals surface area contributed by atoms with E-state index in [0.29, 0.717) is 43.3 Å². The number of benzene rings is 2. The predicted octanol–water partition coefficient (Wildman–Crippen LogP) is 3.37. The number of carbonyl (C=O) groups is 6. The van der Waals surface area contributed by atoms with Crippen molar-refractivity contribution < 1.29 is 38.2 Å². The molecule has 0 unspecified atom stereocenters. The monoisotopic (exact) mass is 840 g/mol. The van der Waals surface area contributed by atoms with Crippen LogP contribution in [0.2, 0.25) is 0 Å². The summed E-state index contributed by atoms with van der Waals surface area (Å²) in [7, 11) is 0. The number of imide groups is 2. The molecule has 1 saturated carbocycles. The van der Waals surface area contributed by atoms with Crippen molar-refractivity contribution in [3.8, 4) is 11.5 Å². The van der Waals surface area contributed by atoms with E-state index in [9.17, 15) is 28.8 Å². The van der Waals surface area contributed by atoms with Gasteiger partial charge < -0.3 is 29.6 Å². The molecule has 5 aromatic rings. The molecular weight excluding hydrogens is 797 g/mol. The minimum atomic E-state index is -1.09. The molecule has 6 amide bonds. The van der Waals surface area contributed by atoms with Gasteiger partial charge in [0.1, 0.15) is 35.1 Å². The van der Waals surface area contributed by atoms with Crippen molar-refractivity contribution in [3.05, 3.63) is 101 Å². The van der Waals surface area contributed by atoms with Crippen LogP contribution in [0.25, 0.3) is 11.2 Å². The van der Waals surface area contributed by atoms with Gasteiger partial charge in [-0.25, -0.2) is 19.9 Å². The molecule has 3 fully saturated rings. The van der Waals surface area contributed by atoms with E-state index in [1.807, 2.05) is 47.9 Å². The van der Waals surface area contributed by atoms with Crippen LogP contribution in [0.3, 0.4) is 0 Å². The first-order chi connectivity index (χ1) is 30.1. The Balaban J connectivity index is 0.706. The first-order valence-electron chi connectivity index (χ1n) is 20.7. The van der Waals surface area contributed by atoms with E-state index in [1.165, 1.54) is 18.5 Å². The number of fused-ring (bicyclic) bond motifs is 2. The maximum absolute atomic E-state index is 13.4. The van der Waals surface area contributed by atoms with E-state index < -0.39 is 29.7 Å². The van der Waals surface area contributed by atoms with Crippen molar-refractivity contribution in [1.82, 2.24) is 44.9 Å². The van der Waals surface area contributed by atoms with Gasteiger partial charge in [0, 0.05) is 43.8 Å². The van der Waals surface area contributed by atoms with Crippen LogP contribution in [0.1, 0.15) is 87.0 Å². The van der Waals surface area contributed by atoms with Crippen molar-refractivity contribution in [2.24, 2.45) is 5.92 Å². The Bertz CT molecular complexity index is 2580. The van der Waals surface area contributed by atoms with Crippen molar-refractivity contribution in [3.63, 3.8) is 0 Å². The number of pyridine rings is 1. The molecule has 3 aromatic heterocycles. The van der Waals surface area contributed by atoms with E-state index in [4.69, 9.17) is 9.47 Å². The first-order valence-corrected chi connectivity index (χ1v) is 20.7. The molecule has 0 spiro atoms. The second-order valence-corrected chi connectivity index (χ2v) is 16.1. The lowest BCUT2D eigenvalue weighted by Crippen LogP contribution is -2.54. The number of anilines is 1. The van der Waals surface area contributed by atoms with Gasteiger partial charge in [-0.2, -0.15) is 0 Å². The number of likely N-dealkylation sites (tertiary alicyclic amines) is 1. The number of nitrogens with zero attached hydrogens (tertiary/aromatic N) is 7. The van der Waals surface area contributed by atoms with Gasteiger partial charge in [0.15, 0.2) is 18.1 Å². The Kier molecular flexibility index (Phi) is 11.0. The lowest BCUT2D eigenvalue weighted by molar-refractivity contribution is -0.136. The molecule has 18 heteroatoms. The molecule has 318 valence electrons. The molecule has 18 nitrogen and oxygen atoms in total. The fourth-order valence-electron chi connectivity index (χ4n) is 8.40. The number of aromatic nitrogens is 5. The zero-order valence-electron chi connectivity index (χ0n) is 33.9. The number of ether oxygens (including phenoxy) is 2. The lowest BCUT2D eigenvalue weighted by atomic mass is 9.86. The number of imidazole rings is 1. The summed E-state index contributed by atoms with van der Waals surface area (Å²) in [5.74, 6) is -1.17. The minimum Gasteiger partial charge on any atom is -0.493 e. The third-order valence-corrected chi connectivity index (χ3v) is 11.9. The van der Waals surface area contributed by atoms with E-state index in [-0.39, 0.29) is 66.1 Å². The molecule has 4 aliphatic rings. The summed E-state index contributed by atoms with van der Waals surface area (Å²) in [5.41, 5.74) is 3.76. The molecule has 2 aromatic carbocycles. The van der Waals surface area contributed by atoms with Gasteiger partial charge in [0.2, 0.25) is 11.8 Å². The first kappa shape index (κ1) is 40.2. The molecule has 0 bridgehead atoms. The zero-order chi connectivity index (χ0) is 42.9. The van der Waals surface area contributed by atoms with E-state index in [0.717, 1.165) is 53.2 Å². The van der Waals surface area contributed by atoms with Crippen LogP contribution in [0.4, 0.5) is 5.82 Å². The van der Waals surface area contributed by atoms with Crippen LogP contribution >= 0.6 is 0 Å². The van der Waals surface area contributed by atoms with Crippen LogP contribution < -0.4 is 25.4 Å². The molecule has 9 rings (SSSR count). The van der Waals surface area contributed by atoms with Crippen LogP contribution in [-0.2, 0) is 20.9 Å². The van der Waals surface area contributed by atoms with Gasteiger partial charge in [-0.05, 0) is 86.9 Å². The fourth-order valence-corrected chi connectivity index (χ4v) is 8.40. The van der Waals surface area contributed by atoms with Crippen molar-refractivity contribution >= 4 is 52.4 Å². The SMILES string of the molecule is Cc1cccc(C(=O)NC2CC(n3cnc4c(NCc5ccc(OCC6CCN(C(=O)COc7cccc8c7C(=O)N([C@H]7CCC(=O)NC7=O)C8=O)CC6)cc5)ncnc43)C2)n1. The van der Waals surface area contributed by atoms with Crippen LogP contribution in [0.15, 0.2) is 73.3 Å². The Morgan fingerprint density at radius 2 is 1.68 bits per heavy atom. The highest BCUT2D eigenvalue weighted by Gasteiger charge is 2.46. The van der Waals surface area contributed by atoms with Crippen molar-refractivity contribution in [2.45, 2.75) is 70.1 Å². The van der Waals surface area contributed by atoms with Crippen molar-refractivity contribution in [2.75, 3.05) is 31.6 Å². The summed E-state index contributed by atoms with van der Waals surface area (Å²) in [5, 5.41) is 8.65. The Labute approximate surface area is 355 Å². The molecule has 1 atom stereocenters. The minimum absolute atomic E-state index is 0.00625.